The maximum Gasteiger partial charge on any atom is 0.110 e. The second kappa shape index (κ2) is 3.44. The summed E-state index contributed by atoms with van der Waals surface area (Å²) in [7, 11) is 0. The lowest BCUT2D eigenvalue weighted by Crippen LogP contribution is -2.16. The van der Waals surface area contributed by atoms with Crippen LogP contribution >= 0.6 is 0 Å². The maximum atomic E-state index is 10.0. The summed E-state index contributed by atoms with van der Waals surface area (Å²) >= 11 is 0. The van der Waals surface area contributed by atoms with E-state index in [1.54, 1.807) is 0 Å². The third kappa shape index (κ3) is 1.21. The first kappa shape index (κ1) is 9.58. The molecule has 0 spiro atoms. The molecule has 0 fully saturated rings. The van der Waals surface area contributed by atoms with E-state index in [9.17, 15) is 10.2 Å². The van der Waals surface area contributed by atoms with Crippen LogP contribution in [0.15, 0.2) is 48.5 Å². The quantitative estimate of drug-likeness (QED) is 0.704. The van der Waals surface area contributed by atoms with E-state index in [1.165, 1.54) is 0 Å². The average molecular weight is 212 g/mol. The van der Waals surface area contributed by atoms with Crippen molar-refractivity contribution in [3.63, 3.8) is 0 Å². The molecule has 0 aliphatic heterocycles. The van der Waals surface area contributed by atoms with Gasteiger partial charge in [-0.05, 0) is 22.3 Å². The van der Waals surface area contributed by atoms with Crippen LogP contribution < -0.4 is 0 Å². The van der Waals surface area contributed by atoms with Gasteiger partial charge in [-0.25, -0.2) is 0 Å². The van der Waals surface area contributed by atoms with Crippen LogP contribution in [0.2, 0.25) is 0 Å². The Balaban J connectivity index is 2.33. The first-order valence-corrected chi connectivity index (χ1v) is 5.33. The van der Waals surface area contributed by atoms with Crippen molar-refractivity contribution in [2.24, 2.45) is 0 Å². The van der Waals surface area contributed by atoms with E-state index in [0.717, 1.165) is 22.3 Å². The fourth-order valence-electron chi connectivity index (χ4n) is 2.34. The lowest BCUT2D eigenvalue weighted by molar-refractivity contribution is 0.0158. The van der Waals surface area contributed by atoms with Gasteiger partial charge in [-0.15, -0.1) is 0 Å². The molecule has 0 heterocycles. The second-order valence-corrected chi connectivity index (χ2v) is 4.06. The van der Waals surface area contributed by atoms with E-state index in [-0.39, 0.29) is 0 Å². The Labute approximate surface area is 93.8 Å². The predicted octanol–water partition coefficient (Wildman–Crippen LogP) is 2.43. The maximum absolute atomic E-state index is 10.0. The molecule has 2 nitrogen and oxygen atoms in total. The van der Waals surface area contributed by atoms with Crippen molar-refractivity contribution < 1.29 is 10.2 Å². The SMILES string of the molecule is O[C@@H]1c2ccccc2-c2ccccc2[C@@H]1O. The summed E-state index contributed by atoms with van der Waals surface area (Å²) in [5.74, 6) is 0. The van der Waals surface area contributed by atoms with Gasteiger partial charge in [-0.1, -0.05) is 48.5 Å². The van der Waals surface area contributed by atoms with Gasteiger partial charge in [0.1, 0.15) is 12.2 Å². The minimum Gasteiger partial charge on any atom is -0.385 e. The molecule has 3 rings (SSSR count). The molecule has 1 aliphatic carbocycles. The summed E-state index contributed by atoms with van der Waals surface area (Å²) in [6.07, 6.45) is -1.66. The molecule has 0 aromatic heterocycles. The van der Waals surface area contributed by atoms with Crippen molar-refractivity contribution in [2.75, 3.05) is 0 Å². The molecule has 1 aliphatic rings. The molecular weight excluding hydrogens is 200 g/mol. The molecule has 0 saturated carbocycles. The van der Waals surface area contributed by atoms with E-state index < -0.39 is 12.2 Å². The Kier molecular flexibility index (Phi) is 2.06. The molecule has 2 heteroatoms. The molecule has 2 N–H and O–H groups in total. The Hall–Kier alpha value is -1.64. The molecule has 16 heavy (non-hydrogen) atoms. The monoisotopic (exact) mass is 212 g/mol. The first-order valence-electron chi connectivity index (χ1n) is 5.33. The minimum absolute atomic E-state index is 0.800. The topological polar surface area (TPSA) is 40.5 Å². The molecule has 0 bridgehead atoms. The summed E-state index contributed by atoms with van der Waals surface area (Å²) in [6, 6.07) is 15.3. The van der Waals surface area contributed by atoms with Crippen molar-refractivity contribution in [2.45, 2.75) is 12.2 Å². The molecule has 2 atom stereocenters. The van der Waals surface area contributed by atoms with Crippen LogP contribution in [0.1, 0.15) is 23.3 Å². The summed E-state index contributed by atoms with van der Waals surface area (Å²) in [6.45, 7) is 0. The van der Waals surface area contributed by atoms with Gasteiger partial charge in [0.15, 0.2) is 0 Å². The molecular formula is C14H12O2. The second-order valence-electron chi connectivity index (χ2n) is 4.06. The highest BCUT2D eigenvalue weighted by Crippen LogP contribution is 2.43. The number of aliphatic hydroxyl groups excluding tert-OH is 2. The third-order valence-corrected chi connectivity index (χ3v) is 3.15. The Morgan fingerprint density at radius 2 is 1.00 bits per heavy atom. The van der Waals surface area contributed by atoms with Crippen LogP contribution in [0.3, 0.4) is 0 Å². The van der Waals surface area contributed by atoms with Crippen LogP contribution in [-0.2, 0) is 0 Å². The number of hydrogen-bond acceptors (Lipinski definition) is 2. The van der Waals surface area contributed by atoms with Crippen molar-refractivity contribution in [3.05, 3.63) is 59.7 Å². The van der Waals surface area contributed by atoms with Gasteiger partial charge in [0, 0.05) is 0 Å². The van der Waals surface area contributed by atoms with Crippen molar-refractivity contribution in [3.8, 4) is 11.1 Å². The largest absolute Gasteiger partial charge is 0.385 e. The number of rotatable bonds is 0. The van der Waals surface area contributed by atoms with Crippen LogP contribution in [0.4, 0.5) is 0 Å². The Morgan fingerprint density at radius 3 is 1.44 bits per heavy atom. The molecule has 2 aromatic carbocycles. The van der Waals surface area contributed by atoms with Crippen LogP contribution in [0.5, 0.6) is 0 Å². The Bertz CT molecular complexity index is 484. The average Bonchev–Trinajstić information content (AvgIpc) is 2.36. The van der Waals surface area contributed by atoms with Gasteiger partial charge < -0.3 is 10.2 Å². The highest BCUT2D eigenvalue weighted by Gasteiger charge is 2.30. The van der Waals surface area contributed by atoms with E-state index in [4.69, 9.17) is 0 Å². The smallest absolute Gasteiger partial charge is 0.110 e. The summed E-state index contributed by atoms with van der Waals surface area (Å²) in [5, 5.41) is 20.1. The van der Waals surface area contributed by atoms with Gasteiger partial charge >= 0.3 is 0 Å². The van der Waals surface area contributed by atoms with Crippen LogP contribution in [0.25, 0.3) is 11.1 Å². The molecule has 2 aromatic rings. The zero-order chi connectivity index (χ0) is 11.1. The number of fused-ring (bicyclic) bond motifs is 3. The standard InChI is InChI=1S/C14H12O2/c15-13-11-7-3-1-5-9(11)10-6-2-4-8-12(10)14(13)16/h1-8,13-16H/t13-,14+. The zero-order valence-corrected chi connectivity index (χ0v) is 8.67. The van der Waals surface area contributed by atoms with Gasteiger partial charge in [-0.2, -0.15) is 0 Å². The normalized spacial score (nSPS) is 22.4. The van der Waals surface area contributed by atoms with Crippen molar-refractivity contribution >= 4 is 0 Å². The van der Waals surface area contributed by atoms with E-state index in [1.807, 2.05) is 48.5 Å². The van der Waals surface area contributed by atoms with E-state index in [2.05, 4.69) is 0 Å². The highest BCUT2D eigenvalue weighted by atomic mass is 16.3. The fourth-order valence-corrected chi connectivity index (χ4v) is 2.34. The van der Waals surface area contributed by atoms with E-state index >= 15 is 0 Å². The third-order valence-electron chi connectivity index (χ3n) is 3.15. The first-order chi connectivity index (χ1) is 7.79. The molecule has 0 saturated heterocycles. The van der Waals surface area contributed by atoms with Gasteiger partial charge in [0.25, 0.3) is 0 Å². The Morgan fingerprint density at radius 1 is 0.625 bits per heavy atom. The minimum atomic E-state index is -0.828. The molecule has 0 unspecified atom stereocenters. The summed E-state index contributed by atoms with van der Waals surface area (Å²) in [5.41, 5.74) is 3.62. The molecule has 0 amide bonds. The van der Waals surface area contributed by atoms with Gasteiger partial charge in [-0.3, -0.25) is 0 Å². The van der Waals surface area contributed by atoms with Gasteiger partial charge in [0.05, 0.1) is 0 Å². The fraction of sp³-hybridized carbons (Fsp3) is 0.143. The number of aliphatic hydroxyl groups is 2. The predicted molar refractivity (Wildman–Crippen MR) is 61.8 cm³/mol. The van der Waals surface area contributed by atoms with Crippen molar-refractivity contribution in [1.29, 1.82) is 0 Å². The molecule has 0 radical (unpaired) electrons. The lowest BCUT2D eigenvalue weighted by atomic mass is 9.82. The van der Waals surface area contributed by atoms with Gasteiger partial charge in [0.2, 0.25) is 0 Å². The summed E-state index contributed by atoms with van der Waals surface area (Å²) in [4.78, 5) is 0. The lowest BCUT2D eigenvalue weighted by Gasteiger charge is -2.28. The number of hydrogen-bond donors (Lipinski definition) is 2. The molecule has 80 valence electrons. The highest BCUT2D eigenvalue weighted by molar-refractivity contribution is 5.74. The van der Waals surface area contributed by atoms with Crippen LogP contribution in [0, 0.1) is 0 Å². The van der Waals surface area contributed by atoms with Crippen LogP contribution in [-0.4, -0.2) is 10.2 Å². The summed E-state index contributed by atoms with van der Waals surface area (Å²) < 4.78 is 0. The van der Waals surface area contributed by atoms with E-state index in [0.29, 0.717) is 0 Å². The number of benzene rings is 2. The van der Waals surface area contributed by atoms with Crippen molar-refractivity contribution in [1.82, 2.24) is 0 Å². The zero-order valence-electron chi connectivity index (χ0n) is 8.67.